The Bertz CT molecular complexity index is 613. The summed E-state index contributed by atoms with van der Waals surface area (Å²) in [6, 6.07) is -0.723. The molecule has 1 amide bonds. The third-order valence-corrected chi connectivity index (χ3v) is 5.42. The number of rotatable bonds is 5. The summed E-state index contributed by atoms with van der Waals surface area (Å²) in [5, 5.41) is 14.3. The van der Waals surface area contributed by atoms with Crippen molar-refractivity contribution in [2.24, 2.45) is 11.8 Å². The van der Waals surface area contributed by atoms with Gasteiger partial charge in [0.15, 0.2) is 5.78 Å². The Labute approximate surface area is 139 Å². The smallest absolute Gasteiger partial charge is 0.243 e. The molecular weight excluding hydrogens is 312 g/mol. The fraction of sp³-hybridized carbons (Fsp3) is 0.500. The van der Waals surface area contributed by atoms with Crippen molar-refractivity contribution in [1.82, 2.24) is 15.6 Å². The van der Waals surface area contributed by atoms with E-state index in [-0.39, 0.29) is 29.6 Å². The molecule has 23 heavy (non-hydrogen) atoms. The number of nitrogens with zero attached hydrogens (tertiary/aromatic N) is 1. The van der Waals surface area contributed by atoms with Gasteiger partial charge in [-0.3, -0.25) is 9.59 Å². The van der Waals surface area contributed by atoms with Crippen LogP contribution < -0.4 is 10.6 Å². The topological polar surface area (TPSA) is 94.9 Å². The van der Waals surface area contributed by atoms with E-state index < -0.39 is 6.04 Å². The quantitative estimate of drug-likeness (QED) is 0.569. The highest BCUT2D eigenvalue weighted by Gasteiger charge is 2.35. The highest BCUT2D eigenvalue weighted by atomic mass is 32.1. The van der Waals surface area contributed by atoms with Crippen molar-refractivity contribution >= 4 is 29.2 Å². The van der Waals surface area contributed by atoms with Gasteiger partial charge in [-0.25, -0.2) is 4.98 Å². The van der Waals surface area contributed by atoms with Crippen LogP contribution in [0.2, 0.25) is 0 Å². The number of ketones is 1. The summed E-state index contributed by atoms with van der Waals surface area (Å²) in [4.78, 5) is 28.9. The summed E-state index contributed by atoms with van der Waals surface area (Å²) in [6.45, 7) is 7.18. The molecule has 0 aromatic carbocycles. The molecule has 0 bridgehead atoms. The van der Waals surface area contributed by atoms with Gasteiger partial charge in [0.05, 0.1) is 10.9 Å². The second-order valence-electron chi connectivity index (χ2n) is 5.83. The highest BCUT2D eigenvalue weighted by Crippen LogP contribution is 2.30. The molecule has 3 N–H and O–H groups in total. The standard InChI is InChI=1S/C16H22N4O2S/c1-4-18-14-11(7-17)9(2)5-6-12(20-15(14)22)16-19-8-13(23-16)10(3)21/h4,7-9,11-12,14,17-18H,1,5-6H2,2-3H3,(H,20,22). The average molecular weight is 334 g/mol. The molecule has 0 spiro atoms. The van der Waals surface area contributed by atoms with Crippen LogP contribution in [0.1, 0.15) is 47.4 Å². The lowest BCUT2D eigenvalue weighted by atomic mass is 9.82. The molecule has 1 saturated heterocycles. The van der Waals surface area contributed by atoms with Gasteiger partial charge in [0.2, 0.25) is 5.91 Å². The molecule has 2 rings (SSSR count). The summed E-state index contributed by atoms with van der Waals surface area (Å²) < 4.78 is 0. The van der Waals surface area contributed by atoms with Gasteiger partial charge >= 0.3 is 0 Å². The zero-order chi connectivity index (χ0) is 17.0. The van der Waals surface area contributed by atoms with Crippen LogP contribution in [0.3, 0.4) is 0 Å². The van der Waals surface area contributed by atoms with Crippen LogP contribution in [0.15, 0.2) is 19.0 Å². The van der Waals surface area contributed by atoms with Crippen molar-refractivity contribution in [2.75, 3.05) is 0 Å². The van der Waals surface area contributed by atoms with Gasteiger partial charge in [-0.1, -0.05) is 13.5 Å². The maximum Gasteiger partial charge on any atom is 0.243 e. The molecule has 2 heterocycles. The molecule has 1 aliphatic rings. The molecular formula is C16H22N4O2S. The van der Waals surface area contributed by atoms with E-state index in [9.17, 15) is 9.59 Å². The Kier molecular flexibility index (Phi) is 5.65. The van der Waals surface area contributed by atoms with E-state index in [1.807, 2.05) is 6.92 Å². The molecule has 6 nitrogen and oxygen atoms in total. The van der Waals surface area contributed by atoms with Gasteiger partial charge in [0, 0.05) is 25.3 Å². The van der Waals surface area contributed by atoms with Gasteiger partial charge in [-0.05, 0) is 25.0 Å². The Morgan fingerprint density at radius 1 is 1.57 bits per heavy atom. The van der Waals surface area contributed by atoms with Gasteiger partial charge in [-0.15, -0.1) is 11.3 Å². The number of hydrogen-bond acceptors (Lipinski definition) is 6. The normalized spacial score (nSPS) is 28.2. The minimum atomic E-state index is -0.518. The number of thiazole rings is 1. The van der Waals surface area contributed by atoms with Crippen LogP contribution in [0.5, 0.6) is 0 Å². The number of carbonyl (C=O) groups is 2. The zero-order valence-corrected chi connectivity index (χ0v) is 14.2. The fourth-order valence-electron chi connectivity index (χ4n) is 2.83. The predicted octanol–water partition coefficient (Wildman–Crippen LogP) is 2.30. The van der Waals surface area contributed by atoms with E-state index >= 15 is 0 Å². The summed E-state index contributed by atoms with van der Waals surface area (Å²) >= 11 is 1.33. The van der Waals surface area contributed by atoms with Crippen LogP contribution in [-0.2, 0) is 4.79 Å². The maximum absolute atomic E-state index is 12.6. The number of carbonyl (C=O) groups excluding carboxylic acids is 2. The third-order valence-electron chi connectivity index (χ3n) is 4.21. The summed E-state index contributed by atoms with van der Waals surface area (Å²) in [5.74, 6) is -0.187. The Balaban J connectivity index is 2.24. The minimum absolute atomic E-state index is 0.0191. The van der Waals surface area contributed by atoms with Crippen LogP contribution in [-0.4, -0.2) is 28.9 Å². The first-order chi connectivity index (χ1) is 11.0. The number of aromatic nitrogens is 1. The number of nitrogens with one attached hydrogen (secondary N) is 3. The molecule has 4 unspecified atom stereocenters. The lowest BCUT2D eigenvalue weighted by Gasteiger charge is -2.33. The van der Waals surface area contributed by atoms with Gasteiger partial charge < -0.3 is 16.0 Å². The molecule has 4 atom stereocenters. The van der Waals surface area contributed by atoms with Crippen LogP contribution in [0.25, 0.3) is 0 Å². The molecule has 1 aromatic rings. The Morgan fingerprint density at radius 3 is 2.87 bits per heavy atom. The third kappa shape index (κ3) is 3.85. The molecule has 7 heteroatoms. The molecule has 124 valence electrons. The van der Waals surface area contributed by atoms with Crippen LogP contribution in [0, 0.1) is 17.2 Å². The molecule has 0 aliphatic carbocycles. The predicted molar refractivity (Wildman–Crippen MR) is 90.8 cm³/mol. The van der Waals surface area contributed by atoms with Crippen molar-refractivity contribution < 1.29 is 9.59 Å². The SMILES string of the molecule is C=CNC1C(=O)NC(c2ncc(C(C)=O)s2)CCC(C)C1C=N. The van der Waals surface area contributed by atoms with Crippen molar-refractivity contribution in [3.63, 3.8) is 0 Å². The van der Waals surface area contributed by atoms with Gasteiger partial charge in [0.25, 0.3) is 0 Å². The number of Topliss-reactive ketones (excluding diaryl/α,β-unsaturated/α-hetero) is 1. The Hall–Kier alpha value is -2.02. The maximum atomic E-state index is 12.6. The van der Waals surface area contributed by atoms with E-state index in [0.29, 0.717) is 4.88 Å². The zero-order valence-electron chi connectivity index (χ0n) is 13.3. The number of amides is 1. The summed E-state index contributed by atoms with van der Waals surface area (Å²) in [5.41, 5.74) is 0. The summed E-state index contributed by atoms with van der Waals surface area (Å²) in [6.07, 6.45) is 5.99. The Morgan fingerprint density at radius 2 is 2.30 bits per heavy atom. The van der Waals surface area contributed by atoms with E-state index in [1.54, 1.807) is 6.20 Å². The second-order valence-corrected chi connectivity index (χ2v) is 6.89. The molecule has 0 saturated carbocycles. The highest BCUT2D eigenvalue weighted by molar-refractivity contribution is 7.13. The molecule has 1 aliphatic heterocycles. The van der Waals surface area contributed by atoms with E-state index in [1.165, 1.54) is 30.7 Å². The van der Waals surface area contributed by atoms with Crippen LogP contribution >= 0.6 is 11.3 Å². The second kappa shape index (κ2) is 7.50. The largest absolute Gasteiger partial charge is 0.380 e. The lowest BCUT2D eigenvalue weighted by molar-refractivity contribution is -0.125. The minimum Gasteiger partial charge on any atom is -0.380 e. The first-order valence-corrected chi connectivity index (χ1v) is 8.44. The first-order valence-electron chi connectivity index (χ1n) is 7.62. The van der Waals surface area contributed by atoms with Gasteiger partial charge in [-0.2, -0.15) is 0 Å². The average Bonchev–Trinajstić information content (AvgIpc) is 3.00. The molecule has 1 aromatic heterocycles. The van der Waals surface area contributed by atoms with Crippen molar-refractivity contribution in [3.05, 3.63) is 28.9 Å². The van der Waals surface area contributed by atoms with Crippen molar-refractivity contribution in [1.29, 1.82) is 5.41 Å². The monoisotopic (exact) mass is 334 g/mol. The van der Waals surface area contributed by atoms with Crippen molar-refractivity contribution in [3.8, 4) is 0 Å². The molecule has 1 fully saturated rings. The van der Waals surface area contributed by atoms with E-state index in [2.05, 4.69) is 22.2 Å². The lowest BCUT2D eigenvalue weighted by Crippen LogP contribution is -2.51. The first kappa shape index (κ1) is 17.3. The van der Waals surface area contributed by atoms with E-state index in [0.717, 1.165) is 17.8 Å². The van der Waals surface area contributed by atoms with Crippen molar-refractivity contribution in [2.45, 2.75) is 38.8 Å². The molecule has 0 radical (unpaired) electrons. The number of hydrogen-bond donors (Lipinski definition) is 3. The fourth-order valence-corrected chi connectivity index (χ4v) is 3.73. The van der Waals surface area contributed by atoms with Gasteiger partial charge in [0.1, 0.15) is 11.0 Å². The van der Waals surface area contributed by atoms with Crippen LogP contribution in [0.4, 0.5) is 0 Å². The summed E-state index contributed by atoms with van der Waals surface area (Å²) in [7, 11) is 0. The van der Waals surface area contributed by atoms with E-state index in [4.69, 9.17) is 5.41 Å².